The molecule has 1 fully saturated rings. The van der Waals surface area contributed by atoms with Crippen molar-refractivity contribution in [1.82, 2.24) is 5.32 Å². The van der Waals surface area contributed by atoms with Crippen LogP contribution in [0.3, 0.4) is 0 Å². The molecule has 2 rings (SSSR count). The van der Waals surface area contributed by atoms with E-state index in [1.165, 1.54) is 30.6 Å². The van der Waals surface area contributed by atoms with E-state index in [4.69, 9.17) is 4.74 Å². The van der Waals surface area contributed by atoms with E-state index in [1.54, 1.807) is 0 Å². The minimum Gasteiger partial charge on any atom is -0.381 e. The van der Waals surface area contributed by atoms with Gasteiger partial charge >= 0.3 is 0 Å². The lowest BCUT2D eigenvalue weighted by Crippen LogP contribution is -2.39. The maximum absolute atomic E-state index is 5.45. The zero-order valence-corrected chi connectivity index (χ0v) is 11.5. The molecule has 1 aromatic rings. The summed E-state index contributed by atoms with van der Waals surface area (Å²) in [6.45, 7) is 5.18. The molecule has 1 aliphatic heterocycles. The molecule has 0 amide bonds. The lowest BCUT2D eigenvalue weighted by atomic mass is 9.88. The van der Waals surface area contributed by atoms with Gasteiger partial charge in [0.25, 0.3) is 0 Å². The highest BCUT2D eigenvalue weighted by Gasteiger charge is 2.22. The summed E-state index contributed by atoms with van der Waals surface area (Å²) in [6, 6.07) is 5.07. The third-order valence-corrected chi connectivity index (χ3v) is 4.52. The van der Waals surface area contributed by atoms with E-state index in [0.29, 0.717) is 6.04 Å². The molecule has 0 radical (unpaired) electrons. The smallest absolute Gasteiger partial charge is 0.0469 e. The van der Waals surface area contributed by atoms with E-state index >= 15 is 0 Å². The van der Waals surface area contributed by atoms with E-state index in [2.05, 4.69) is 29.8 Å². The Labute approximate surface area is 108 Å². The molecule has 1 aromatic heterocycles. The second-order valence-corrected chi connectivity index (χ2v) is 5.76. The number of hydrogen-bond donors (Lipinski definition) is 1. The van der Waals surface area contributed by atoms with Crippen LogP contribution in [-0.4, -0.2) is 25.8 Å². The summed E-state index contributed by atoms with van der Waals surface area (Å²) in [5, 5.41) is 5.84. The van der Waals surface area contributed by atoms with Crippen molar-refractivity contribution in [2.24, 2.45) is 5.92 Å². The second kappa shape index (κ2) is 7.14. The third-order valence-electron chi connectivity index (χ3n) is 3.58. The minimum atomic E-state index is 0.672. The molecular weight excluding hydrogens is 230 g/mol. The Bertz CT molecular complexity index is 293. The van der Waals surface area contributed by atoms with Gasteiger partial charge in [-0.05, 0) is 49.6 Å². The molecule has 1 aliphatic rings. The molecule has 17 heavy (non-hydrogen) atoms. The predicted octanol–water partition coefficient (Wildman–Crippen LogP) is 3.09. The first-order valence-corrected chi connectivity index (χ1v) is 7.61. The molecule has 1 N–H and O–H groups in total. The molecule has 2 nitrogen and oxygen atoms in total. The highest BCUT2D eigenvalue weighted by Crippen LogP contribution is 2.23. The van der Waals surface area contributed by atoms with Gasteiger partial charge in [-0.1, -0.05) is 13.0 Å². The fraction of sp³-hybridized carbons (Fsp3) is 0.714. The van der Waals surface area contributed by atoms with Gasteiger partial charge in [0.2, 0.25) is 0 Å². The van der Waals surface area contributed by atoms with Crippen LogP contribution in [0.25, 0.3) is 0 Å². The van der Waals surface area contributed by atoms with E-state index in [-0.39, 0.29) is 0 Å². The average Bonchev–Trinajstić information content (AvgIpc) is 2.88. The average molecular weight is 253 g/mol. The van der Waals surface area contributed by atoms with Crippen LogP contribution in [0.1, 0.15) is 31.1 Å². The zero-order valence-electron chi connectivity index (χ0n) is 10.7. The van der Waals surface area contributed by atoms with Crippen molar-refractivity contribution in [1.29, 1.82) is 0 Å². The molecule has 1 unspecified atom stereocenters. The molecular formula is C14H23NOS. The van der Waals surface area contributed by atoms with Gasteiger partial charge in [-0.2, -0.15) is 0 Å². The number of aryl methyl sites for hydroxylation is 1. The Morgan fingerprint density at radius 3 is 2.94 bits per heavy atom. The maximum Gasteiger partial charge on any atom is 0.0469 e. The van der Waals surface area contributed by atoms with Crippen molar-refractivity contribution in [2.75, 3.05) is 19.8 Å². The molecule has 1 saturated heterocycles. The van der Waals surface area contributed by atoms with Gasteiger partial charge in [0, 0.05) is 24.1 Å². The number of thiophene rings is 1. The number of ether oxygens (including phenoxy) is 1. The van der Waals surface area contributed by atoms with E-state index in [1.807, 2.05) is 11.3 Å². The monoisotopic (exact) mass is 253 g/mol. The maximum atomic E-state index is 5.45. The molecule has 0 bridgehead atoms. The standard InChI is InChI=1S/C14H23NOS/c1-2-15-14(12-7-9-16-10-8-12)6-5-13-4-3-11-17-13/h3-4,11-12,14-15H,2,5-10H2,1H3. The van der Waals surface area contributed by atoms with E-state index in [9.17, 15) is 0 Å². The van der Waals surface area contributed by atoms with Gasteiger partial charge in [0.15, 0.2) is 0 Å². The van der Waals surface area contributed by atoms with E-state index < -0.39 is 0 Å². The number of rotatable bonds is 6. The van der Waals surface area contributed by atoms with Gasteiger partial charge in [0.05, 0.1) is 0 Å². The number of nitrogens with one attached hydrogen (secondary N) is 1. The Hall–Kier alpha value is -0.380. The van der Waals surface area contributed by atoms with Crippen LogP contribution in [0.15, 0.2) is 17.5 Å². The first-order chi connectivity index (χ1) is 8.40. The lowest BCUT2D eigenvalue weighted by Gasteiger charge is -2.30. The van der Waals surface area contributed by atoms with Crippen molar-refractivity contribution in [3.05, 3.63) is 22.4 Å². The van der Waals surface area contributed by atoms with Gasteiger partial charge in [-0.25, -0.2) is 0 Å². The van der Waals surface area contributed by atoms with Gasteiger partial charge in [-0.15, -0.1) is 11.3 Å². The van der Waals surface area contributed by atoms with Crippen LogP contribution in [0, 0.1) is 5.92 Å². The normalized spacial score (nSPS) is 19.4. The van der Waals surface area contributed by atoms with Crippen LogP contribution >= 0.6 is 11.3 Å². The van der Waals surface area contributed by atoms with Crippen LogP contribution in [-0.2, 0) is 11.2 Å². The Morgan fingerprint density at radius 1 is 1.47 bits per heavy atom. The highest BCUT2D eigenvalue weighted by atomic mass is 32.1. The van der Waals surface area contributed by atoms with Crippen LogP contribution in [0.5, 0.6) is 0 Å². The third kappa shape index (κ3) is 4.09. The van der Waals surface area contributed by atoms with E-state index in [0.717, 1.165) is 25.7 Å². The fourth-order valence-corrected chi connectivity index (χ4v) is 3.36. The Kier molecular flexibility index (Phi) is 5.49. The first kappa shape index (κ1) is 13.1. The van der Waals surface area contributed by atoms with Gasteiger partial charge < -0.3 is 10.1 Å². The lowest BCUT2D eigenvalue weighted by molar-refractivity contribution is 0.0529. The molecule has 0 aliphatic carbocycles. The molecule has 96 valence electrons. The first-order valence-electron chi connectivity index (χ1n) is 6.73. The quantitative estimate of drug-likeness (QED) is 0.841. The topological polar surface area (TPSA) is 21.3 Å². The summed E-state index contributed by atoms with van der Waals surface area (Å²) < 4.78 is 5.45. The predicted molar refractivity (Wildman–Crippen MR) is 73.6 cm³/mol. The summed E-state index contributed by atoms with van der Waals surface area (Å²) in [5.74, 6) is 0.809. The summed E-state index contributed by atoms with van der Waals surface area (Å²) in [6.07, 6.45) is 4.93. The molecule has 3 heteroatoms. The van der Waals surface area contributed by atoms with Crippen LogP contribution in [0.4, 0.5) is 0 Å². The summed E-state index contributed by atoms with van der Waals surface area (Å²) in [5.41, 5.74) is 0. The van der Waals surface area contributed by atoms with Crippen LogP contribution < -0.4 is 5.32 Å². The molecule has 0 saturated carbocycles. The summed E-state index contributed by atoms with van der Waals surface area (Å²) >= 11 is 1.88. The van der Waals surface area contributed by atoms with Gasteiger partial charge in [-0.3, -0.25) is 0 Å². The molecule has 1 atom stereocenters. The van der Waals surface area contributed by atoms with Crippen molar-refractivity contribution in [2.45, 2.75) is 38.6 Å². The largest absolute Gasteiger partial charge is 0.381 e. The Morgan fingerprint density at radius 2 is 2.29 bits per heavy atom. The summed E-state index contributed by atoms with van der Waals surface area (Å²) in [4.78, 5) is 1.51. The fourth-order valence-electron chi connectivity index (χ4n) is 2.64. The van der Waals surface area contributed by atoms with Crippen molar-refractivity contribution >= 4 is 11.3 Å². The molecule has 0 aromatic carbocycles. The summed E-state index contributed by atoms with van der Waals surface area (Å²) in [7, 11) is 0. The van der Waals surface area contributed by atoms with Crippen molar-refractivity contribution < 1.29 is 4.74 Å². The number of hydrogen-bond acceptors (Lipinski definition) is 3. The van der Waals surface area contributed by atoms with Gasteiger partial charge in [0.1, 0.15) is 0 Å². The highest BCUT2D eigenvalue weighted by molar-refractivity contribution is 7.09. The van der Waals surface area contributed by atoms with Crippen molar-refractivity contribution in [3.8, 4) is 0 Å². The Balaban J connectivity index is 1.82. The zero-order chi connectivity index (χ0) is 11.9. The molecule has 0 spiro atoms. The minimum absolute atomic E-state index is 0.672. The van der Waals surface area contributed by atoms with Crippen LogP contribution in [0.2, 0.25) is 0 Å². The second-order valence-electron chi connectivity index (χ2n) is 4.73. The SMILES string of the molecule is CCNC(CCc1cccs1)C1CCOCC1. The van der Waals surface area contributed by atoms with Crippen molar-refractivity contribution in [3.63, 3.8) is 0 Å². The molecule has 2 heterocycles.